The second kappa shape index (κ2) is 8.58. The van der Waals surface area contributed by atoms with Gasteiger partial charge in [-0.1, -0.05) is 60.2 Å². The van der Waals surface area contributed by atoms with Gasteiger partial charge in [0.1, 0.15) is 18.5 Å². The smallest absolute Gasteiger partial charge is 0.328 e. The number of carbonyl (C=O) groups is 2. The molecule has 5 rings (SSSR count). The first-order chi connectivity index (χ1) is 15.5. The number of urea groups is 1. The van der Waals surface area contributed by atoms with Gasteiger partial charge >= 0.3 is 6.03 Å². The van der Waals surface area contributed by atoms with Crippen LogP contribution in [0.1, 0.15) is 12.0 Å². The van der Waals surface area contributed by atoms with Crippen LogP contribution in [0.25, 0.3) is 6.08 Å². The third-order valence-corrected chi connectivity index (χ3v) is 6.64. The van der Waals surface area contributed by atoms with Gasteiger partial charge in [-0.15, -0.1) is 0 Å². The third-order valence-electron chi connectivity index (χ3n) is 6.41. The van der Waals surface area contributed by atoms with Gasteiger partial charge in [0, 0.05) is 37.4 Å². The zero-order chi connectivity index (χ0) is 22.2. The molecule has 0 aromatic heterocycles. The number of benzene rings is 2. The summed E-state index contributed by atoms with van der Waals surface area (Å²) in [5.41, 5.74) is 2.04. The molecule has 2 aromatic rings. The van der Waals surface area contributed by atoms with E-state index in [0.29, 0.717) is 5.02 Å². The Morgan fingerprint density at radius 2 is 1.91 bits per heavy atom. The summed E-state index contributed by atoms with van der Waals surface area (Å²) < 4.78 is 0. The molecular formula is C24H26ClN5O2. The van der Waals surface area contributed by atoms with E-state index in [2.05, 4.69) is 15.1 Å². The number of fused-ring (bicyclic) bond motifs is 3. The lowest BCUT2D eigenvalue weighted by molar-refractivity contribution is -0.138. The first-order valence-electron chi connectivity index (χ1n) is 10.9. The molecule has 3 amide bonds. The molecule has 2 aromatic carbocycles. The van der Waals surface area contributed by atoms with Crippen LogP contribution in [0.3, 0.4) is 0 Å². The summed E-state index contributed by atoms with van der Waals surface area (Å²) in [6, 6.07) is 16.9. The number of carbonyl (C=O) groups excluding carboxylic acids is 2. The Kier molecular flexibility index (Phi) is 5.63. The van der Waals surface area contributed by atoms with E-state index in [9.17, 15) is 9.59 Å². The molecule has 3 aliphatic heterocycles. The quantitative estimate of drug-likeness (QED) is 0.774. The highest BCUT2D eigenvalue weighted by molar-refractivity contribution is 6.30. The molecule has 0 spiro atoms. The number of anilines is 1. The zero-order valence-electron chi connectivity index (χ0n) is 17.9. The highest BCUT2D eigenvalue weighted by Crippen LogP contribution is 2.33. The Bertz CT molecular complexity index is 1050. The predicted octanol–water partition coefficient (Wildman–Crippen LogP) is 3.04. The second-order valence-electron chi connectivity index (χ2n) is 8.35. The minimum absolute atomic E-state index is 0.154. The van der Waals surface area contributed by atoms with Gasteiger partial charge in [0.15, 0.2) is 0 Å². The molecule has 1 N–H and O–H groups in total. The molecule has 3 aliphatic rings. The first-order valence-corrected chi connectivity index (χ1v) is 11.3. The standard InChI is InChI=1S/C24H26ClN5O2/c1-27-21-20(22(31)30(24(27)32)13-6-10-17-8-3-2-4-9-17)29-15-7-14-28(23(29)26-21)19-12-5-11-18(25)16-19/h2-6,8-12,16,20-21,23,26H,7,13-15H2,1H3/b10-6+. The van der Waals surface area contributed by atoms with Crippen LogP contribution in [0.15, 0.2) is 60.7 Å². The molecule has 0 radical (unpaired) electrons. The highest BCUT2D eigenvalue weighted by Gasteiger charge is 2.55. The SMILES string of the molecule is CN1C(=O)N(C/C=C/c2ccccc2)C(=O)C2C1NC1N(c3cccc(Cl)c3)CCCN21. The van der Waals surface area contributed by atoms with Crippen LogP contribution in [0, 0.1) is 0 Å². The molecule has 3 saturated heterocycles. The molecule has 0 saturated carbocycles. The lowest BCUT2D eigenvalue weighted by Gasteiger charge is -2.43. The van der Waals surface area contributed by atoms with E-state index in [1.807, 2.05) is 66.7 Å². The van der Waals surface area contributed by atoms with Crippen molar-refractivity contribution in [2.75, 3.05) is 31.6 Å². The van der Waals surface area contributed by atoms with E-state index in [0.717, 1.165) is 30.8 Å². The molecule has 8 heteroatoms. The molecule has 3 atom stereocenters. The van der Waals surface area contributed by atoms with E-state index in [4.69, 9.17) is 11.6 Å². The van der Waals surface area contributed by atoms with Gasteiger partial charge in [-0.25, -0.2) is 4.79 Å². The maximum atomic E-state index is 13.5. The van der Waals surface area contributed by atoms with Gasteiger partial charge < -0.3 is 9.80 Å². The Labute approximate surface area is 192 Å². The van der Waals surface area contributed by atoms with Gasteiger partial charge in [0.25, 0.3) is 5.91 Å². The van der Waals surface area contributed by atoms with Crippen molar-refractivity contribution in [2.45, 2.75) is 24.9 Å². The summed E-state index contributed by atoms with van der Waals surface area (Å²) in [4.78, 5) is 33.9. The summed E-state index contributed by atoms with van der Waals surface area (Å²) >= 11 is 6.23. The molecule has 0 bridgehead atoms. The van der Waals surface area contributed by atoms with Crippen molar-refractivity contribution in [2.24, 2.45) is 0 Å². The highest BCUT2D eigenvalue weighted by atomic mass is 35.5. The van der Waals surface area contributed by atoms with Gasteiger partial charge in [0.05, 0.1) is 0 Å². The Morgan fingerprint density at radius 1 is 1.09 bits per heavy atom. The molecule has 3 heterocycles. The third kappa shape index (κ3) is 3.66. The number of imide groups is 1. The zero-order valence-corrected chi connectivity index (χ0v) is 18.7. The van der Waals surface area contributed by atoms with Crippen molar-refractivity contribution < 1.29 is 9.59 Å². The van der Waals surface area contributed by atoms with Crippen molar-refractivity contribution in [3.63, 3.8) is 0 Å². The summed E-state index contributed by atoms with van der Waals surface area (Å²) in [7, 11) is 1.76. The lowest BCUT2D eigenvalue weighted by atomic mass is 10.1. The second-order valence-corrected chi connectivity index (χ2v) is 8.79. The number of halogens is 1. The van der Waals surface area contributed by atoms with Crippen molar-refractivity contribution in [1.29, 1.82) is 0 Å². The van der Waals surface area contributed by atoms with Crippen LogP contribution in [-0.4, -0.2) is 71.8 Å². The van der Waals surface area contributed by atoms with E-state index in [-0.39, 0.29) is 30.9 Å². The van der Waals surface area contributed by atoms with Crippen LogP contribution < -0.4 is 10.2 Å². The van der Waals surface area contributed by atoms with E-state index in [1.165, 1.54) is 4.90 Å². The fourth-order valence-corrected chi connectivity index (χ4v) is 5.05. The van der Waals surface area contributed by atoms with Crippen LogP contribution >= 0.6 is 11.6 Å². The average Bonchev–Trinajstić information content (AvgIpc) is 3.20. The van der Waals surface area contributed by atoms with Crippen LogP contribution in [0.2, 0.25) is 5.02 Å². The Hall–Kier alpha value is -2.87. The monoisotopic (exact) mass is 451 g/mol. The Balaban J connectivity index is 1.38. The fraction of sp³-hybridized carbons (Fsp3) is 0.333. The molecule has 3 fully saturated rings. The minimum Gasteiger partial charge on any atom is -0.343 e. The number of amides is 3. The van der Waals surface area contributed by atoms with E-state index >= 15 is 0 Å². The van der Waals surface area contributed by atoms with Crippen LogP contribution in [0.4, 0.5) is 10.5 Å². The summed E-state index contributed by atoms with van der Waals surface area (Å²) in [5.74, 6) is -0.154. The maximum Gasteiger partial charge on any atom is 0.328 e. The lowest BCUT2D eigenvalue weighted by Crippen LogP contribution is -2.66. The maximum absolute atomic E-state index is 13.5. The summed E-state index contributed by atoms with van der Waals surface area (Å²) in [6.45, 7) is 1.89. The number of likely N-dealkylation sites (N-methyl/N-ethyl adjacent to an activating group) is 1. The number of hydrogen-bond donors (Lipinski definition) is 1. The van der Waals surface area contributed by atoms with Gasteiger partial charge in [-0.3, -0.25) is 19.9 Å². The van der Waals surface area contributed by atoms with Crippen molar-refractivity contribution in [1.82, 2.24) is 20.0 Å². The van der Waals surface area contributed by atoms with Crippen molar-refractivity contribution in [3.8, 4) is 0 Å². The van der Waals surface area contributed by atoms with Crippen molar-refractivity contribution in [3.05, 3.63) is 71.3 Å². The predicted molar refractivity (Wildman–Crippen MR) is 125 cm³/mol. The number of rotatable bonds is 4. The number of hydrogen-bond acceptors (Lipinski definition) is 5. The number of nitrogens with zero attached hydrogens (tertiary/aromatic N) is 4. The molecule has 3 unspecified atom stereocenters. The fourth-order valence-electron chi connectivity index (χ4n) is 4.86. The summed E-state index contributed by atoms with van der Waals surface area (Å²) in [6.07, 6.45) is 4.19. The molecule has 166 valence electrons. The Morgan fingerprint density at radius 3 is 2.69 bits per heavy atom. The first kappa shape index (κ1) is 21.0. The van der Waals surface area contributed by atoms with E-state index < -0.39 is 6.04 Å². The van der Waals surface area contributed by atoms with Crippen LogP contribution in [0.5, 0.6) is 0 Å². The molecule has 0 aliphatic carbocycles. The molecule has 32 heavy (non-hydrogen) atoms. The van der Waals surface area contributed by atoms with Gasteiger partial charge in [-0.05, 0) is 30.2 Å². The average molecular weight is 452 g/mol. The van der Waals surface area contributed by atoms with Crippen LogP contribution in [-0.2, 0) is 4.79 Å². The van der Waals surface area contributed by atoms with Gasteiger partial charge in [-0.2, -0.15) is 0 Å². The number of nitrogens with one attached hydrogen (secondary N) is 1. The largest absolute Gasteiger partial charge is 0.343 e. The minimum atomic E-state index is -0.421. The van der Waals surface area contributed by atoms with Crippen molar-refractivity contribution >= 4 is 35.3 Å². The van der Waals surface area contributed by atoms with E-state index in [1.54, 1.807) is 11.9 Å². The topological polar surface area (TPSA) is 59.1 Å². The molecular weight excluding hydrogens is 426 g/mol. The normalized spacial score (nSPS) is 26.1. The summed E-state index contributed by atoms with van der Waals surface area (Å²) in [5, 5.41) is 4.20. The molecule has 7 nitrogen and oxygen atoms in total. The van der Waals surface area contributed by atoms with Gasteiger partial charge in [0.2, 0.25) is 0 Å².